The Hall–Kier alpha value is -2.62. The predicted octanol–water partition coefficient (Wildman–Crippen LogP) is 1.35. The molecule has 0 bridgehead atoms. The largest absolute Gasteiger partial charge is 0.506 e. The lowest BCUT2D eigenvalue weighted by Crippen LogP contribution is -2.06. The average Bonchev–Trinajstić information content (AvgIpc) is 2.29. The smallest absolute Gasteiger partial charge is 0.342 e. The van der Waals surface area contributed by atoms with Crippen LogP contribution in [0, 0.1) is 21.4 Å². The van der Waals surface area contributed by atoms with E-state index in [1.807, 2.05) is 0 Å². The van der Waals surface area contributed by atoms with Gasteiger partial charge in [0.15, 0.2) is 0 Å². The molecule has 88 valence electrons. The Morgan fingerprint density at radius 2 is 2.29 bits per heavy atom. The molecule has 7 nitrogen and oxygen atoms in total. The fourth-order valence-corrected chi connectivity index (χ4v) is 1.17. The van der Waals surface area contributed by atoms with Crippen LogP contribution in [-0.4, -0.2) is 22.6 Å². The van der Waals surface area contributed by atoms with Crippen LogP contribution in [-0.2, 0) is 4.74 Å². The molecule has 0 heterocycles. The van der Waals surface area contributed by atoms with Gasteiger partial charge in [-0.1, -0.05) is 0 Å². The number of hydrogen-bond acceptors (Lipinski definition) is 6. The highest BCUT2D eigenvalue weighted by atomic mass is 16.6. The van der Waals surface area contributed by atoms with Crippen LogP contribution in [0.3, 0.4) is 0 Å². The van der Waals surface area contributed by atoms with Crippen molar-refractivity contribution in [2.45, 2.75) is 6.92 Å². The van der Waals surface area contributed by atoms with E-state index in [2.05, 4.69) is 4.74 Å². The second kappa shape index (κ2) is 4.94. The Labute approximate surface area is 96.0 Å². The molecule has 1 aromatic rings. The molecule has 0 amide bonds. The molecule has 0 fully saturated rings. The number of carbonyl (C=O) groups excluding carboxylic acids is 1. The van der Waals surface area contributed by atoms with Gasteiger partial charge in [0.05, 0.1) is 11.5 Å². The number of esters is 1. The SMILES string of the molecule is CCOC(=O)c1cc([N+](=O)[O-])cc(C#N)c1O. The first-order valence-corrected chi connectivity index (χ1v) is 4.59. The Morgan fingerprint density at radius 3 is 2.76 bits per heavy atom. The quantitative estimate of drug-likeness (QED) is 0.481. The van der Waals surface area contributed by atoms with Crippen molar-refractivity contribution in [1.82, 2.24) is 0 Å². The number of nitriles is 1. The number of phenolic OH excluding ortho intramolecular Hbond substituents is 1. The maximum Gasteiger partial charge on any atom is 0.342 e. The molecule has 0 aromatic heterocycles. The highest BCUT2D eigenvalue weighted by Crippen LogP contribution is 2.28. The van der Waals surface area contributed by atoms with Crippen molar-refractivity contribution in [3.05, 3.63) is 33.4 Å². The van der Waals surface area contributed by atoms with Gasteiger partial charge in [0, 0.05) is 12.1 Å². The first-order chi connectivity index (χ1) is 8.01. The van der Waals surface area contributed by atoms with Crippen molar-refractivity contribution < 1.29 is 19.6 Å². The monoisotopic (exact) mass is 236 g/mol. The van der Waals surface area contributed by atoms with Crippen molar-refractivity contribution in [3.63, 3.8) is 0 Å². The molecule has 0 aliphatic heterocycles. The fraction of sp³-hybridized carbons (Fsp3) is 0.200. The number of aromatic hydroxyl groups is 1. The lowest BCUT2D eigenvalue weighted by Gasteiger charge is -2.05. The van der Waals surface area contributed by atoms with Crippen molar-refractivity contribution >= 4 is 11.7 Å². The second-order valence-corrected chi connectivity index (χ2v) is 2.98. The maximum absolute atomic E-state index is 11.4. The molecule has 0 aliphatic rings. The summed E-state index contributed by atoms with van der Waals surface area (Å²) in [4.78, 5) is 21.2. The molecule has 0 unspecified atom stereocenters. The van der Waals surface area contributed by atoms with E-state index in [0.29, 0.717) is 0 Å². The number of phenols is 1. The minimum Gasteiger partial charge on any atom is -0.506 e. The lowest BCUT2D eigenvalue weighted by atomic mass is 10.1. The molecule has 0 saturated heterocycles. The van der Waals surface area contributed by atoms with Gasteiger partial charge in [-0.25, -0.2) is 4.79 Å². The highest BCUT2D eigenvalue weighted by Gasteiger charge is 2.21. The van der Waals surface area contributed by atoms with E-state index in [9.17, 15) is 20.0 Å². The van der Waals surface area contributed by atoms with Crippen molar-refractivity contribution in [3.8, 4) is 11.8 Å². The highest BCUT2D eigenvalue weighted by molar-refractivity contribution is 5.94. The summed E-state index contributed by atoms with van der Waals surface area (Å²) >= 11 is 0. The van der Waals surface area contributed by atoms with Gasteiger partial charge in [-0.15, -0.1) is 0 Å². The zero-order valence-electron chi connectivity index (χ0n) is 8.84. The van der Waals surface area contributed by atoms with Crippen LogP contribution >= 0.6 is 0 Å². The first kappa shape index (κ1) is 12.4. The van der Waals surface area contributed by atoms with E-state index in [-0.39, 0.29) is 12.2 Å². The van der Waals surface area contributed by atoms with Crippen LogP contribution in [0.2, 0.25) is 0 Å². The van der Waals surface area contributed by atoms with E-state index >= 15 is 0 Å². The summed E-state index contributed by atoms with van der Waals surface area (Å²) < 4.78 is 4.61. The summed E-state index contributed by atoms with van der Waals surface area (Å²) in [6.45, 7) is 1.61. The van der Waals surface area contributed by atoms with E-state index in [0.717, 1.165) is 12.1 Å². The molecule has 7 heteroatoms. The van der Waals surface area contributed by atoms with Crippen LogP contribution in [0.4, 0.5) is 5.69 Å². The lowest BCUT2D eigenvalue weighted by molar-refractivity contribution is -0.384. The van der Waals surface area contributed by atoms with Gasteiger partial charge < -0.3 is 9.84 Å². The summed E-state index contributed by atoms with van der Waals surface area (Å²) in [6, 6.07) is 3.32. The molecular weight excluding hydrogens is 228 g/mol. The van der Waals surface area contributed by atoms with Gasteiger partial charge in [-0.05, 0) is 6.92 Å². The zero-order valence-corrected chi connectivity index (χ0v) is 8.84. The van der Waals surface area contributed by atoms with E-state index in [4.69, 9.17) is 5.26 Å². The number of benzene rings is 1. The molecule has 0 atom stereocenters. The summed E-state index contributed by atoms with van der Waals surface area (Å²) in [7, 11) is 0. The molecule has 1 N–H and O–H groups in total. The fourth-order valence-electron chi connectivity index (χ4n) is 1.17. The van der Waals surface area contributed by atoms with Crippen molar-refractivity contribution in [1.29, 1.82) is 5.26 Å². The van der Waals surface area contributed by atoms with Crippen molar-refractivity contribution in [2.24, 2.45) is 0 Å². The molecule has 1 aromatic carbocycles. The molecule has 0 saturated carbocycles. The number of carbonyl (C=O) groups is 1. The Balaban J connectivity index is 3.38. The van der Waals surface area contributed by atoms with Gasteiger partial charge in [0.25, 0.3) is 5.69 Å². The number of ether oxygens (including phenoxy) is 1. The van der Waals surface area contributed by atoms with Crippen LogP contribution in [0.25, 0.3) is 0 Å². The van der Waals surface area contributed by atoms with Crippen LogP contribution in [0.5, 0.6) is 5.75 Å². The van der Waals surface area contributed by atoms with E-state index in [1.165, 1.54) is 0 Å². The zero-order chi connectivity index (χ0) is 13.0. The molecular formula is C10H8N2O5. The van der Waals surface area contributed by atoms with Gasteiger partial charge in [-0.2, -0.15) is 5.26 Å². The van der Waals surface area contributed by atoms with E-state index < -0.39 is 27.9 Å². The molecule has 0 aliphatic carbocycles. The van der Waals surface area contributed by atoms with E-state index in [1.54, 1.807) is 13.0 Å². The van der Waals surface area contributed by atoms with Gasteiger partial charge in [-0.3, -0.25) is 10.1 Å². The molecule has 1 rings (SSSR count). The number of hydrogen-bond donors (Lipinski definition) is 1. The number of rotatable bonds is 3. The molecule has 0 spiro atoms. The summed E-state index contributed by atoms with van der Waals surface area (Å²) in [5, 5.41) is 28.8. The standard InChI is InChI=1S/C10H8N2O5/c1-2-17-10(14)8-4-7(12(15)16)3-6(5-11)9(8)13/h3-4,13H,2H2,1H3. The third kappa shape index (κ3) is 2.49. The first-order valence-electron chi connectivity index (χ1n) is 4.59. The Morgan fingerprint density at radius 1 is 1.65 bits per heavy atom. The van der Waals surface area contributed by atoms with Crippen LogP contribution in [0.1, 0.15) is 22.8 Å². The number of nitro groups is 1. The second-order valence-electron chi connectivity index (χ2n) is 2.98. The van der Waals surface area contributed by atoms with Gasteiger partial charge in [0.2, 0.25) is 0 Å². The Bertz CT molecular complexity index is 518. The Kier molecular flexibility index (Phi) is 3.62. The summed E-state index contributed by atoms with van der Waals surface area (Å²) in [5.74, 6) is -1.53. The minimum absolute atomic E-state index is 0.0584. The molecule has 17 heavy (non-hydrogen) atoms. The van der Waals surface area contributed by atoms with Gasteiger partial charge in [0.1, 0.15) is 22.9 Å². The third-order valence-electron chi connectivity index (χ3n) is 1.92. The minimum atomic E-state index is -0.912. The number of non-ortho nitro benzene ring substituents is 1. The van der Waals surface area contributed by atoms with Crippen LogP contribution < -0.4 is 0 Å². The van der Waals surface area contributed by atoms with Crippen LogP contribution in [0.15, 0.2) is 12.1 Å². The number of nitrogens with zero attached hydrogens (tertiary/aromatic N) is 2. The van der Waals surface area contributed by atoms with Gasteiger partial charge >= 0.3 is 5.97 Å². The average molecular weight is 236 g/mol. The third-order valence-corrected chi connectivity index (χ3v) is 1.92. The summed E-state index contributed by atoms with van der Waals surface area (Å²) in [5.41, 5.74) is -1.19. The molecule has 0 radical (unpaired) electrons. The van der Waals surface area contributed by atoms with Crippen molar-refractivity contribution in [2.75, 3.05) is 6.61 Å². The number of nitro benzene ring substituents is 1. The normalized spacial score (nSPS) is 9.41. The predicted molar refractivity (Wildman–Crippen MR) is 55.4 cm³/mol. The maximum atomic E-state index is 11.4. The summed E-state index contributed by atoms with van der Waals surface area (Å²) in [6.07, 6.45) is 0. The topological polar surface area (TPSA) is 113 Å².